The van der Waals surface area contributed by atoms with Crippen LogP contribution < -0.4 is 4.74 Å². The highest BCUT2D eigenvalue weighted by Gasteiger charge is 2.23. The first-order valence-electron chi connectivity index (χ1n) is 10.3. The molecular weight excluding hydrogens is 437 g/mol. The van der Waals surface area contributed by atoms with E-state index in [1.54, 1.807) is 6.20 Å². The maximum absolute atomic E-state index is 13.2. The zero-order chi connectivity index (χ0) is 22.5. The molecule has 0 amide bonds. The number of pyridine rings is 1. The summed E-state index contributed by atoms with van der Waals surface area (Å²) in [4.78, 5) is 21.6. The number of benzene rings is 1. The number of β-amino-alcohol motifs (C(OH)–C–C–N with tert-alkyl or cyclic N) is 1. The highest BCUT2D eigenvalue weighted by atomic mass is 35.5. The Morgan fingerprint density at radius 2 is 2.25 bits per heavy atom. The maximum Gasteiger partial charge on any atom is 0.213 e. The highest BCUT2D eigenvalue weighted by molar-refractivity contribution is 6.33. The van der Waals surface area contributed by atoms with E-state index in [1.807, 2.05) is 12.1 Å². The largest absolute Gasteiger partial charge is 0.484 e. The number of oxazole rings is 1. The molecule has 0 spiro atoms. The molecule has 2 aromatic heterocycles. The molecular formula is C23H23ClFN3O4. The van der Waals surface area contributed by atoms with Crippen LogP contribution in [0.4, 0.5) is 4.39 Å². The monoisotopic (exact) mass is 459 g/mol. The molecule has 0 radical (unpaired) electrons. The molecule has 4 rings (SSSR count). The third-order valence-corrected chi connectivity index (χ3v) is 5.87. The van der Waals surface area contributed by atoms with E-state index in [-0.39, 0.29) is 24.4 Å². The molecule has 0 bridgehead atoms. The van der Waals surface area contributed by atoms with E-state index in [1.165, 1.54) is 18.7 Å². The summed E-state index contributed by atoms with van der Waals surface area (Å²) >= 11 is 6.57. The molecule has 3 heterocycles. The summed E-state index contributed by atoms with van der Waals surface area (Å²) in [7, 11) is 0. The number of hydrogen-bond donors (Lipinski definition) is 1. The van der Waals surface area contributed by atoms with Crippen molar-refractivity contribution in [1.82, 2.24) is 14.9 Å². The van der Waals surface area contributed by atoms with Crippen LogP contribution in [-0.2, 0) is 19.6 Å². The number of halogens is 2. The predicted octanol–water partition coefficient (Wildman–Crippen LogP) is 3.82. The minimum Gasteiger partial charge on any atom is -0.484 e. The Balaban J connectivity index is 1.29. The second-order valence-corrected chi connectivity index (χ2v) is 8.12. The number of rotatable bonds is 9. The first-order chi connectivity index (χ1) is 15.5. The molecule has 1 atom stereocenters. The number of aliphatic hydroxyl groups excluding tert-OH is 1. The topological polar surface area (TPSA) is 88.7 Å². The first-order valence-corrected chi connectivity index (χ1v) is 10.7. The highest BCUT2D eigenvalue weighted by Crippen LogP contribution is 2.34. The fourth-order valence-electron chi connectivity index (χ4n) is 3.78. The molecule has 168 valence electrons. The van der Waals surface area contributed by atoms with E-state index >= 15 is 0 Å². The van der Waals surface area contributed by atoms with Crippen molar-refractivity contribution >= 4 is 17.4 Å². The molecule has 7 nitrogen and oxygen atoms in total. The van der Waals surface area contributed by atoms with Crippen molar-refractivity contribution in [1.29, 1.82) is 0 Å². The van der Waals surface area contributed by atoms with Gasteiger partial charge in [-0.25, -0.2) is 9.97 Å². The van der Waals surface area contributed by atoms with Crippen LogP contribution in [0.25, 0.3) is 0 Å². The van der Waals surface area contributed by atoms with Gasteiger partial charge in [0.2, 0.25) is 5.95 Å². The van der Waals surface area contributed by atoms with Gasteiger partial charge in [-0.1, -0.05) is 17.7 Å². The average molecular weight is 460 g/mol. The van der Waals surface area contributed by atoms with Crippen LogP contribution in [0.1, 0.15) is 40.1 Å². The zero-order valence-electron chi connectivity index (χ0n) is 17.3. The van der Waals surface area contributed by atoms with Crippen molar-refractivity contribution < 1.29 is 23.4 Å². The van der Waals surface area contributed by atoms with Gasteiger partial charge in [0.15, 0.2) is 17.9 Å². The van der Waals surface area contributed by atoms with Gasteiger partial charge in [-0.3, -0.25) is 9.69 Å². The number of fused-ring (bicyclic) bond motifs is 1. The first kappa shape index (κ1) is 22.4. The quantitative estimate of drug-likeness (QED) is 0.384. The summed E-state index contributed by atoms with van der Waals surface area (Å²) in [6.07, 6.45) is 4.74. The second-order valence-electron chi connectivity index (χ2n) is 7.74. The van der Waals surface area contributed by atoms with E-state index in [2.05, 4.69) is 14.9 Å². The number of ether oxygens (including phenoxy) is 1. The lowest BCUT2D eigenvalue weighted by atomic mass is 9.98. The Morgan fingerprint density at radius 1 is 1.38 bits per heavy atom. The van der Waals surface area contributed by atoms with Crippen LogP contribution in [0.2, 0.25) is 5.02 Å². The number of aliphatic hydroxyl groups is 1. The van der Waals surface area contributed by atoms with E-state index in [0.29, 0.717) is 36.0 Å². The number of Topliss-reactive ketones (excluding diaryl/α,β-unsaturated/α-hetero) is 1. The number of carbonyl (C=O) groups excluding carboxylic acids is 1. The van der Waals surface area contributed by atoms with Gasteiger partial charge in [0.25, 0.3) is 0 Å². The average Bonchev–Trinajstić information content (AvgIpc) is 3.31. The fraction of sp³-hybridized carbons (Fsp3) is 0.348. The summed E-state index contributed by atoms with van der Waals surface area (Å²) in [5.74, 6) is 0.320. The lowest BCUT2D eigenvalue weighted by Gasteiger charge is -2.31. The van der Waals surface area contributed by atoms with Crippen molar-refractivity contribution in [2.24, 2.45) is 0 Å². The van der Waals surface area contributed by atoms with Gasteiger partial charge in [0.05, 0.1) is 17.3 Å². The Kier molecular flexibility index (Phi) is 7.14. The number of ketones is 1. The van der Waals surface area contributed by atoms with Gasteiger partial charge in [-0.05, 0) is 36.1 Å². The minimum absolute atomic E-state index is 0.146. The normalized spacial score (nSPS) is 14.7. The standard InChI is InChI=1S/C23H23ClFN3O4/c24-23-19-6-8-28(11-16(19)1-4-21(23)31-13-18-10-26-14-32-18)12-17(29)2-3-20(30)15-5-7-27-22(25)9-15/h1,4-5,7,9-10,14,17,29H,2-3,6,8,11-13H2/t17-/m0/s1. The zero-order valence-corrected chi connectivity index (χ0v) is 18.1. The Hall–Kier alpha value is -2.81. The van der Waals surface area contributed by atoms with Gasteiger partial charge < -0.3 is 14.3 Å². The molecule has 1 aliphatic rings. The molecule has 32 heavy (non-hydrogen) atoms. The van der Waals surface area contributed by atoms with Gasteiger partial charge in [-0.2, -0.15) is 4.39 Å². The van der Waals surface area contributed by atoms with Crippen LogP contribution in [0.3, 0.4) is 0 Å². The van der Waals surface area contributed by atoms with E-state index in [0.717, 1.165) is 30.2 Å². The molecule has 0 unspecified atom stereocenters. The SMILES string of the molecule is O=C(CC[C@H](O)CN1CCc2c(ccc(OCc3cnco3)c2Cl)C1)c1ccnc(F)c1. The van der Waals surface area contributed by atoms with Gasteiger partial charge in [0, 0.05) is 43.9 Å². The van der Waals surface area contributed by atoms with Crippen LogP contribution in [0.15, 0.2) is 47.5 Å². The van der Waals surface area contributed by atoms with Crippen molar-refractivity contribution in [3.05, 3.63) is 76.5 Å². The van der Waals surface area contributed by atoms with Crippen molar-refractivity contribution in [3.63, 3.8) is 0 Å². The summed E-state index contributed by atoms with van der Waals surface area (Å²) in [5, 5.41) is 11.0. The molecule has 1 aromatic carbocycles. The Morgan fingerprint density at radius 3 is 3.03 bits per heavy atom. The van der Waals surface area contributed by atoms with Gasteiger partial charge >= 0.3 is 0 Å². The molecule has 0 fully saturated rings. The van der Waals surface area contributed by atoms with Crippen LogP contribution in [-0.4, -0.2) is 45.0 Å². The molecule has 1 aliphatic heterocycles. The Bertz CT molecular complexity index is 1080. The molecule has 0 aliphatic carbocycles. The van der Waals surface area contributed by atoms with E-state index in [4.69, 9.17) is 20.8 Å². The smallest absolute Gasteiger partial charge is 0.213 e. The molecule has 0 saturated carbocycles. The summed E-state index contributed by atoms with van der Waals surface area (Å²) in [5.41, 5.74) is 2.40. The predicted molar refractivity (Wildman–Crippen MR) is 115 cm³/mol. The number of aromatic nitrogens is 2. The summed E-state index contributed by atoms with van der Waals surface area (Å²) in [6, 6.07) is 6.41. The number of hydrogen-bond acceptors (Lipinski definition) is 7. The van der Waals surface area contributed by atoms with Crippen molar-refractivity contribution in [2.75, 3.05) is 13.1 Å². The van der Waals surface area contributed by atoms with Crippen LogP contribution in [0, 0.1) is 5.95 Å². The minimum atomic E-state index is -0.687. The molecule has 1 N–H and O–H groups in total. The Labute approximate surface area is 189 Å². The molecule has 3 aromatic rings. The third-order valence-electron chi connectivity index (χ3n) is 5.45. The fourth-order valence-corrected chi connectivity index (χ4v) is 4.12. The van der Waals surface area contributed by atoms with E-state index < -0.39 is 12.1 Å². The van der Waals surface area contributed by atoms with Crippen LogP contribution in [0.5, 0.6) is 5.75 Å². The molecule has 0 saturated heterocycles. The summed E-state index contributed by atoms with van der Waals surface area (Å²) in [6.45, 7) is 2.08. The van der Waals surface area contributed by atoms with Crippen LogP contribution >= 0.6 is 11.6 Å². The second kappa shape index (κ2) is 10.2. The lowest BCUT2D eigenvalue weighted by molar-refractivity contribution is 0.0836. The lowest BCUT2D eigenvalue weighted by Crippen LogP contribution is -2.37. The van der Waals surface area contributed by atoms with Gasteiger partial charge in [-0.15, -0.1) is 0 Å². The van der Waals surface area contributed by atoms with Gasteiger partial charge in [0.1, 0.15) is 12.4 Å². The molecule has 9 heteroatoms. The third kappa shape index (κ3) is 5.51. The maximum atomic E-state index is 13.2. The van der Waals surface area contributed by atoms with E-state index in [9.17, 15) is 14.3 Å². The number of nitrogens with zero attached hydrogens (tertiary/aromatic N) is 3. The summed E-state index contributed by atoms with van der Waals surface area (Å²) < 4.78 is 24.1. The number of carbonyl (C=O) groups is 1. The van der Waals surface area contributed by atoms with Crippen molar-refractivity contribution in [3.8, 4) is 5.75 Å². The van der Waals surface area contributed by atoms with Crippen molar-refractivity contribution in [2.45, 2.75) is 38.5 Å².